The normalized spacial score (nSPS) is 36.1. The molecule has 1 aromatic rings. The Labute approximate surface area is 162 Å². The van der Waals surface area contributed by atoms with Crippen LogP contribution in [0.4, 0.5) is 0 Å². The Morgan fingerprint density at radius 2 is 2.00 bits per heavy atom. The van der Waals surface area contributed by atoms with Gasteiger partial charge in [-0.25, -0.2) is 0 Å². The summed E-state index contributed by atoms with van der Waals surface area (Å²) in [6.45, 7) is 6.58. The fraction of sp³-hybridized carbons (Fsp3) is 0.682. The Morgan fingerprint density at radius 3 is 2.67 bits per heavy atom. The number of hydrogen-bond donors (Lipinski definition) is 1. The number of amides is 1. The number of likely N-dealkylation sites (N-methyl/N-ethyl adjacent to an activating group) is 1. The molecule has 27 heavy (non-hydrogen) atoms. The number of rotatable bonds is 5. The van der Waals surface area contributed by atoms with Crippen molar-refractivity contribution in [3.8, 4) is 0 Å². The molecule has 1 N–H and O–H groups in total. The minimum atomic E-state index is -0.735. The van der Waals surface area contributed by atoms with E-state index in [1.165, 1.54) is 5.56 Å². The van der Waals surface area contributed by atoms with Crippen molar-refractivity contribution >= 4 is 5.91 Å². The van der Waals surface area contributed by atoms with E-state index in [2.05, 4.69) is 31.2 Å². The highest BCUT2D eigenvalue weighted by Gasteiger charge is 2.54. The zero-order chi connectivity index (χ0) is 19.7. The first-order chi connectivity index (χ1) is 12.8. The molecular formula is C22H33NO4. The van der Waals surface area contributed by atoms with Gasteiger partial charge in [-0.05, 0) is 57.9 Å². The Bertz CT molecular complexity index is 651. The predicted octanol–water partition coefficient (Wildman–Crippen LogP) is 3.12. The second-order valence-electron chi connectivity index (χ2n) is 8.57. The Balaban J connectivity index is 1.84. The zero-order valence-corrected chi connectivity index (χ0v) is 17.0. The minimum Gasteiger partial charge on any atom is -0.388 e. The molecule has 2 heterocycles. The molecular weight excluding hydrogens is 342 g/mol. The molecule has 1 amide bonds. The van der Waals surface area contributed by atoms with Gasteiger partial charge in [0.05, 0.1) is 17.2 Å². The molecule has 0 aromatic heterocycles. The average molecular weight is 376 g/mol. The van der Waals surface area contributed by atoms with Crippen molar-refractivity contribution in [1.82, 2.24) is 4.90 Å². The van der Waals surface area contributed by atoms with Crippen molar-refractivity contribution in [2.24, 2.45) is 0 Å². The van der Waals surface area contributed by atoms with Gasteiger partial charge in [0.2, 0.25) is 5.91 Å². The van der Waals surface area contributed by atoms with E-state index in [9.17, 15) is 9.90 Å². The van der Waals surface area contributed by atoms with Crippen molar-refractivity contribution in [3.05, 3.63) is 35.9 Å². The molecule has 1 aromatic carbocycles. The summed E-state index contributed by atoms with van der Waals surface area (Å²) in [6, 6.07) is 10.2. The van der Waals surface area contributed by atoms with Crippen LogP contribution in [0.15, 0.2) is 30.3 Å². The lowest BCUT2D eigenvalue weighted by atomic mass is 9.74. The molecule has 2 aliphatic heterocycles. The molecule has 2 fully saturated rings. The number of aliphatic hydroxyl groups is 1. The van der Waals surface area contributed by atoms with Gasteiger partial charge >= 0.3 is 0 Å². The van der Waals surface area contributed by atoms with Crippen LogP contribution in [0.1, 0.15) is 57.9 Å². The van der Waals surface area contributed by atoms with Gasteiger partial charge in [-0.3, -0.25) is 4.79 Å². The number of carbonyl (C=O) groups excluding carboxylic acids is 1. The highest BCUT2D eigenvalue weighted by Crippen LogP contribution is 2.50. The third-order valence-electron chi connectivity index (χ3n) is 6.36. The molecule has 2 aliphatic rings. The lowest BCUT2D eigenvalue weighted by Crippen LogP contribution is -2.58. The van der Waals surface area contributed by atoms with Crippen LogP contribution in [0.3, 0.4) is 0 Å². The Kier molecular flexibility index (Phi) is 5.94. The van der Waals surface area contributed by atoms with E-state index in [4.69, 9.17) is 9.47 Å². The summed E-state index contributed by atoms with van der Waals surface area (Å²) in [5.41, 5.74) is 0.312. The number of ether oxygens (including phenoxy) is 2. The second-order valence-corrected chi connectivity index (χ2v) is 8.57. The van der Waals surface area contributed by atoms with Gasteiger partial charge in [0.25, 0.3) is 0 Å². The maximum absolute atomic E-state index is 12.5. The van der Waals surface area contributed by atoms with Crippen LogP contribution in [0.25, 0.3) is 0 Å². The van der Waals surface area contributed by atoms with Gasteiger partial charge in [0.1, 0.15) is 12.7 Å². The van der Waals surface area contributed by atoms with E-state index in [-0.39, 0.29) is 24.2 Å². The highest BCUT2D eigenvalue weighted by atomic mass is 16.5. The molecule has 5 heteroatoms. The van der Waals surface area contributed by atoms with Gasteiger partial charge in [0.15, 0.2) is 0 Å². The topological polar surface area (TPSA) is 59.0 Å². The van der Waals surface area contributed by atoms with Crippen LogP contribution in [0.5, 0.6) is 0 Å². The monoisotopic (exact) mass is 375 g/mol. The maximum atomic E-state index is 12.5. The van der Waals surface area contributed by atoms with E-state index in [1.54, 1.807) is 11.9 Å². The van der Waals surface area contributed by atoms with Crippen LogP contribution >= 0.6 is 0 Å². The van der Waals surface area contributed by atoms with E-state index in [0.717, 1.165) is 25.7 Å². The van der Waals surface area contributed by atoms with Crippen LogP contribution in [-0.2, 0) is 14.3 Å². The maximum Gasteiger partial charge on any atom is 0.248 e. The molecule has 0 unspecified atom stereocenters. The van der Waals surface area contributed by atoms with Gasteiger partial charge in [-0.2, -0.15) is 0 Å². The molecule has 2 bridgehead atoms. The Hall–Kier alpha value is -1.43. The second kappa shape index (κ2) is 7.90. The molecule has 0 aliphatic carbocycles. The first kappa shape index (κ1) is 20.3. The smallest absolute Gasteiger partial charge is 0.248 e. The van der Waals surface area contributed by atoms with Gasteiger partial charge in [0, 0.05) is 13.7 Å². The number of fused-ring (bicyclic) bond motifs is 2. The summed E-state index contributed by atoms with van der Waals surface area (Å²) in [6.07, 6.45) is 2.49. The number of carbonyl (C=O) groups is 1. The summed E-state index contributed by atoms with van der Waals surface area (Å²) < 4.78 is 11.8. The average Bonchev–Trinajstić information content (AvgIpc) is 2.72. The number of benzene rings is 1. The molecule has 0 radical (unpaired) electrons. The van der Waals surface area contributed by atoms with E-state index in [1.807, 2.05) is 19.9 Å². The molecule has 5 nitrogen and oxygen atoms in total. The SMILES string of the molecule is CCOCC(=O)N(C)[C@@H]1CC[C@@]2(C)C[C@H](c3ccccc3)C[C@](C)(O2)[C@H]1O. The van der Waals surface area contributed by atoms with Gasteiger partial charge in [-0.15, -0.1) is 0 Å². The van der Waals surface area contributed by atoms with Crippen LogP contribution in [-0.4, -0.2) is 59.5 Å². The molecule has 0 saturated carbocycles. The van der Waals surface area contributed by atoms with Gasteiger partial charge < -0.3 is 19.5 Å². The fourth-order valence-corrected chi connectivity index (χ4v) is 4.92. The summed E-state index contributed by atoms with van der Waals surface area (Å²) in [5, 5.41) is 11.3. The zero-order valence-electron chi connectivity index (χ0n) is 17.0. The first-order valence-corrected chi connectivity index (χ1v) is 10.0. The van der Waals surface area contributed by atoms with E-state index >= 15 is 0 Å². The van der Waals surface area contributed by atoms with Crippen molar-refractivity contribution < 1.29 is 19.4 Å². The van der Waals surface area contributed by atoms with Crippen LogP contribution in [0, 0.1) is 0 Å². The largest absolute Gasteiger partial charge is 0.388 e. The lowest BCUT2D eigenvalue weighted by Gasteiger charge is -2.49. The third-order valence-corrected chi connectivity index (χ3v) is 6.36. The summed E-state index contributed by atoms with van der Waals surface area (Å²) in [4.78, 5) is 14.1. The van der Waals surface area contributed by atoms with Gasteiger partial charge in [-0.1, -0.05) is 30.3 Å². The number of aliphatic hydroxyl groups excluding tert-OH is 1. The molecule has 0 spiro atoms. The van der Waals surface area contributed by atoms with Crippen LogP contribution in [0.2, 0.25) is 0 Å². The first-order valence-electron chi connectivity index (χ1n) is 10.0. The number of nitrogens with zero attached hydrogens (tertiary/aromatic N) is 1. The minimum absolute atomic E-state index is 0.0533. The molecule has 150 valence electrons. The number of hydrogen-bond acceptors (Lipinski definition) is 4. The van der Waals surface area contributed by atoms with E-state index < -0.39 is 11.7 Å². The van der Waals surface area contributed by atoms with Crippen molar-refractivity contribution in [2.45, 2.75) is 75.7 Å². The van der Waals surface area contributed by atoms with Crippen molar-refractivity contribution in [2.75, 3.05) is 20.3 Å². The quantitative estimate of drug-likeness (QED) is 0.859. The lowest BCUT2D eigenvalue weighted by molar-refractivity contribution is -0.215. The van der Waals surface area contributed by atoms with Crippen molar-refractivity contribution in [1.29, 1.82) is 0 Å². The van der Waals surface area contributed by atoms with E-state index in [0.29, 0.717) is 12.5 Å². The summed E-state index contributed by atoms with van der Waals surface area (Å²) in [7, 11) is 1.77. The highest BCUT2D eigenvalue weighted by molar-refractivity contribution is 5.77. The van der Waals surface area contributed by atoms with Crippen LogP contribution < -0.4 is 0 Å². The fourth-order valence-electron chi connectivity index (χ4n) is 4.92. The van der Waals surface area contributed by atoms with Crippen molar-refractivity contribution in [3.63, 3.8) is 0 Å². The Morgan fingerprint density at radius 1 is 1.30 bits per heavy atom. The molecule has 3 rings (SSSR count). The standard InChI is InChI=1S/C22H33NO4/c1-5-26-15-19(24)23(4)18-11-12-21(2)13-17(16-9-7-6-8-10-16)14-22(3,27-21)20(18)25/h6-10,17-18,20,25H,5,11-15H2,1-4H3/t17-,18+,20-,21-,22-/m0/s1. The molecule has 2 saturated heterocycles. The predicted molar refractivity (Wildman–Crippen MR) is 105 cm³/mol. The summed E-state index contributed by atoms with van der Waals surface area (Å²) >= 11 is 0. The summed E-state index contributed by atoms with van der Waals surface area (Å²) in [5.74, 6) is 0.249. The third kappa shape index (κ3) is 4.20. The molecule has 5 atom stereocenters.